The third-order valence-electron chi connectivity index (χ3n) is 2.35. The zero-order chi connectivity index (χ0) is 9.97. The van der Waals surface area contributed by atoms with Crippen molar-refractivity contribution < 1.29 is 4.79 Å². The lowest BCUT2D eigenvalue weighted by Gasteiger charge is -2.12. The minimum absolute atomic E-state index is 0.0425. The first-order valence-electron chi connectivity index (χ1n) is 4.77. The van der Waals surface area contributed by atoms with E-state index in [4.69, 9.17) is 0 Å². The Kier molecular flexibility index (Phi) is 2.39. The molecule has 0 saturated carbocycles. The van der Waals surface area contributed by atoms with Crippen LogP contribution >= 0.6 is 0 Å². The van der Waals surface area contributed by atoms with Gasteiger partial charge in [-0.3, -0.25) is 4.68 Å². The van der Waals surface area contributed by atoms with Gasteiger partial charge in [0.15, 0.2) is 0 Å². The molecule has 1 aliphatic heterocycles. The van der Waals surface area contributed by atoms with E-state index in [1.54, 1.807) is 4.68 Å². The van der Waals surface area contributed by atoms with Gasteiger partial charge in [0.2, 0.25) is 0 Å². The molecule has 0 aliphatic carbocycles. The van der Waals surface area contributed by atoms with E-state index in [1.807, 2.05) is 24.2 Å². The van der Waals surface area contributed by atoms with Crippen molar-refractivity contribution in [1.29, 1.82) is 0 Å². The summed E-state index contributed by atoms with van der Waals surface area (Å²) in [6.07, 6.45) is 2.74. The smallest absolute Gasteiger partial charge is 0.317 e. The van der Waals surface area contributed by atoms with E-state index in [0.29, 0.717) is 0 Å². The number of carbonyl (C=O) groups excluding carboxylic acids is 1. The van der Waals surface area contributed by atoms with Gasteiger partial charge in [0.25, 0.3) is 0 Å². The number of carbonyl (C=O) groups is 1. The normalized spacial score (nSPS) is 16.1. The molecule has 0 aromatic carbocycles. The predicted molar refractivity (Wildman–Crippen MR) is 51.9 cm³/mol. The molecule has 1 saturated heterocycles. The molecular weight excluding hydrogens is 180 g/mol. The molecule has 1 N–H and O–H groups in total. The van der Waals surface area contributed by atoms with Crippen LogP contribution in [0.2, 0.25) is 0 Å². The molecule has 0 spiro atoms. The Morgan fingerprint density at radius 3 is 3.07 bits per heavy atom. The van der Waals surface area contributed by atoms with Gasteiger partial charge in [0.05, 0.1) is 5.69 Å². The van der Waals surface area contributed by atoms with Gasteiger partial charge in [-0.05, 0) is 6.07 Å². The Hall–Kier alpha value is -1.52. The third kappa shape index (κ3) is 1.86. The van der Waals surface area contributed by atoms with Crippen molar-refractivity contribution in [2.24, 2.45) is 7.05 Å². The molecule has 1 aliphatic rings. The first kappa shape index (κ1) is 9.05. The van der Waals surface area contributed by atoms with Crippen molar-refractivity contribution in [3.63, 3.8) is 0 Å². The lowest BCUT2D eigenvalue weighted by atomic mass is 10.3. The summed E-state index contributed by atoms with van der Waals surface area (Å²) in [5, 5.41) is 7.03. The molecule has 2 amide bonds. The van der Waals surface area contributed by atoms with Gasteiger partial charge >= 0.3 is 6.03 Å². The number of amides is 2. The Labute approximate surface area is 82.7 Å². The average Bonchev–Trinajstić information content (AvgIpc) is 2.72. The van der Waals surface area contributed by atoms with Crippen LogP contribution in [0.15, 0.2) is 12.3 Å². The topological polar surface area (TPSA) is 50.2 Å². The average molecular weight is 194 g/mol. The Balaban J connectivity index is 1.85. The maximum absolute atomic E-state index is 11.2. The molecule has 2 heterocycles. The minimum atomic E-state index is 0.0425. The van der Waals surface area contributed by atoms with Crippen LogP contribution in [-0.2, 0) is 13.5 Å². The summed E-state index contributed by atoms with van der Waals surface area (Å²) in [6, 6.07) is 2.02. The predicted octanol–water partition coefficient (Wildman–Crippen LogP) is -0.0122. The molecule has 76 valence electrons. The molecule has 0 radical (unpaired) electrons. The van der Waals surface area contributed by atoms with Gasteiger partial charge < -0.3 is 10.2 Å². The van der Waals surface area contributed by atoms with Crippen molar-refractivity contribution in [3.05, 3.63) is 18.0 Å². The molecule has 0 bridgehead atoms. The summed E-state index contributed by atoms with van der Waals surface area (Å²) < 4.78 is 1.78. The van der Waals surface area contributed by atoms with Crippen molar-refractivity contribution in [2.75, 3.05) is 19.6 Å². The molecule has 14 heavy (non-hydrogen) atoms. The van der Waals surface area contributed by atoms with E-state index in [9.17, 15) is 4.79 Å². The van der Waals surface area contributed by atoms with Crippen LogP contribution in [0.4, 0.5) is 4.79 Å². The number of rotatable bonds is 3. The largest absolute Gasteiger partial charge is 0.336 e. The summed E-state index contributed by atoms with van der Waals surface area (Å²) in [6.45, 7) is 2.33. The van der Waals surface area contributed by atoms with Gasteiger partial charge in [0.1, 0.15) is 0 Å². The lowest BCUT2D eigenvalue weighted by Crippen LogP contribution is -2.30. The van der Waals surface area contributed by atoms with Crippen LogP contribution in [0.25, 0.3) is 0 Å². The van der Waals surface area contributed by atoms with Crippen LogP contribution in [0, 0.1) is 0 Å². The summed E-state index contributed by atoms with van der Waals surface area (Å²) >= 11 is 0. The van der Waals surface area contributed by atoms with Crippen molar-refractivity contribution in [3.8, 4) is 0 Å². The summed E-state index contributed by atoms with van der Waals surface area (Å²) in [7, 11) is 1.89. The Morgan fingerprint density at radius 2 is 2.50 bits per heavy atom. The number of aryl methyl sites for hydroxylation is 1. The van der Waals surface area contributed by atoms with Gasteiger partial charge in [-0.1, -0.05) is 0 Å². The maximum atomic E-state index is 11.2. The van der Waals surface area contributed by atoms with E-state index >= 15 is 0 Å². The van der Waals surface area contributed by atoms with E-state index < -0.39 is 0 Å². The Bertz CT molecular complexity index is 333. The molecule has 0 atom stereocenters. The molecule has 1 fully saturated rings. The fourth-order valence-corrected chi connectivity index (χ4v) is 1.57. The fourth-order valence-electron chi connectivity index (χ4n) is 1.57. The van der Waals surface area contributed by atoms with Gasteiger partial charge in [-0.25, -0.2) is 4.79 Å². The van der Waals surface area contributed by atoms with Crippen LogP contribution in [0.1, 0.15) is 5.69 Å². The highest BCUT2D eigenvalue weighted by atomic mass is 16.2. The fraction of sp³-hybridized carbons (Fsp3) is 0.556. The van der Waals surface area contributed by atoms with Crippen LogP contribution in [-0.4, -0.2) is 40.3 Å². The zero-order valence-electron chi connectivity index (χ0n) is 8.23. The van der Waals surface area contributed by atoms with Crippen molar-refractivity contribution >= 4 is 6.03 Å². The van der Waals surface area contributed by atoms with E-state index in [0.717, 1.165) is 31.7 Å². The number of hydrogen-bond donors (Lipinski definition) is 1. The monoisotopic (exact) mass is 194 g/mol. The minimum Gasteiger partial charge on any atom is -0.336 e. The molecule has 5 heteroatoms. The summed E-state index contributed by atoms with van der Waals surface area (Å²) in [5.41, 5.74) is 1.03. The third-order valence-corrected chi connectivity index (χ3v) is 2.35. The summed E-state index contributed by atoms with van der Waals surface area (Å²) in [4.78, 5) is 13.0. The van der Waals surface area contributed by atoms with Crippen LogP contribution in [0.3, 0.4) is 0 Å². The second kappa shape index (κ2) is 3.69. The molecule has 5 nitrogen and oxygen atoms in total. The van der Waals surface area contributed by atoms with Gasteiger partial charge in [-0.15, -0.1) is 0 Å². The lowest BCUT2D eigenvalue weighted by molar-refractivity contribution is 0.218. The van der Waals surface area contributed by atoms with Crippen molar-refractivity contribution in [1.82, 2.24) is 20.0 Å². The van der Waals surface area contributed by atoms with E-state index in [-0.39, 0.29) is 6.03 Å². The maximum Gasteiger partial charge on any atom is 0.317 e. The second-order valence-corrected chi connectivity index (χ2v) is 3.45. The molecule has 1 aromatic heterocycles. The SMILES string of the molecule is Cn1ccc(CCN2CCNC2=O)n1. The first-order chi connectivity index (χ1) is 6.75. The molecule has 1 aromatic rings. The number of hydrogen-bond acceptors (Lipinski definition) is 2. The second-order valence-electron chi connectivity index (χ2n) is 3.45. The van der Waals surface area contributed by atoms with Crippen LogP contribution in [0.5, 0.6) is 0 Å². The van der Waals surface area contributed by atoms with Crippen molar-refractivity contribution in [2.45, 2.75) is 6.42 Å². The number of nitrogens with zero attached hydrogens (tertiary/aromatic N) is 3. The highest BCUT2D eigenvalue weighted by Gasteiger charge is 2.18. The Morgan fingerprint density at radius 1 is 1.64 bits per heavy atom. The zero-order valence-corrected chi connectivity index (χ0v) is 8.23. The number of aromatic nitrogens is 2. The molecule has 0 unspecified atom stereocenters. The van der Waals surface area contributed by atoms with Gasteiger partial charge in [0, 0.05) is 39.3 Å². The highest BCUT2D eigenvalue weighted by Crippen LogP contribution is 2.01. The number of urea groups is 1. The molecular formula is C9H14N4O. The highest BCUT2D eigenvalue weighted by molar-refractivity contribution is 5.76. The number of nitrogens with one attached hydrogen (secondary N) is 1. The standard InChI is InChI=1S/C9H14N4O/c1-12-5-2-8(11-12)3-6-13-7-4-10-9(13)14/h2,5H,3-4,6-7H2,1H3,(H,10,14). The first-order valence-corrected chi connectivity index (χ1v) is 4.77. The van der Waals surface area contributed by atoms with Gasteiger partial charge in [-0.2, -0.15) is 5.10 Å². The van der Waals surface area contributed by atoms with E-state index in [2.05, 4.69) is 10.4 Å². The van der Waals surface area contributed by atoms with E-state index in [1.165, 1.54) is 0 Å². The quantitative estimate of drug-likeness (QED) is 0.735. The van der Waals surface area contributed by atoms with Crippen LogP contribution < -0.4 is 5.32 Å². The molecule has 2 rings (SSSR count). The summed E-state index contributed by atoms with van der Waals surface area (Å²) in [5.74, 6) is 0.